The predicted octanol–water partition coefficient (Wildman–Crippen LogP) is 6.18. The Morgan fingerprint density at radius 2 is 1.72 bits per heavy atom. The number of aryl methyl sites for hydroxylation is 1. The lowest BCUT2D eigenvalue weighted by atomic mass is 9.97. The van der Waals surface area contributed by atoms with Gasteiger partial charge >= 0.3 is 0 Å². The molecule has 0 radical (unpaired) electrons. The summed E-state index contributed by atoms with van der Waals surface area (Å²) in [7, 11) is 2.18. The minimum Gasteiger partial charge on any atom is -0.381 e. The van der Waals surface area contributed by atoms with Crippen LogP contribution in [0.2, 0.25) is 0 Å². The molecule has 3 aromatic rings. The summed E-state index contributed by atoms with van der Waals surface area (Å²) < 4.78 is 5.49. The molecule has 0 saturated carbocycles. The summed E-state index contributed by atoms with van der Waals surface area (Å²) >= 11 is 0. The Hall–Kier alpha value is -3.41. The van der Waals surface area contributed by atoms with Gasteiger partial charge in [0, 0.05) is 49.2 Å². The molecule has 5 rings (SSSR count). The van der Waals surface area contributed by atoms with E-state index in [1.165, 1.54) is 16.7 Å². The quantitative estimate of drug-likeness (QED) is 0.441. The van der Waals surface area contributed by atoms with Crippen LogP contribution in [0.15, 0.2) is 78.4 Å². The highest BCUT2D eigenvalue weighted by Gasteiger charge is 2.23. The predicted molar refractivity (Wildman–Crippen MR) is 147 cm³/mol. The number of nitrogens with zero attached hydrogens (tertiary/aromatic N) is 1. The zero-order valence-corrected chi connectivity index (χ0v) is 21.2. The van der Waals surface area contributed by atoms with E-state index in [0.717, 1.165) is 55.1 Å². The second-order valence-corrected chi connectivity index (χ2v) is 9.98. The van der Waals surface area contributed by atoms with Gasteiger partial charge in [-0.2, -0.15) is 0 Å². The van der Waals surface area contributed by atoms with Crippen molar-refractivity contribution < 1.29 is 9.53 Å². The van der Waals surface area contributed by atoms with Crippen LogP contribution in [0.25, 0.3) is 6.08 Å². The molecule has 186 valence electrons. The van der Waals surface area contributed by atoms with Crippen LogP contribution in [-0.4, -0.2) is 37.1 Å². The Kier molecular flexibility index (Phi) is 7.49. The van der Waals surface area contributed by atoms with E-state index in [1.54, 1.807) is 0 Å². The van der Waals surface area contributed by atoms with Gasteiger partial charge < -0.3 is 15.4 Å². The largest absolute Gasteiger partial charge is 0.381 e. The SMILES string of the molecule is Cc1ccc(C2CC(C(=O)Nc3ccc(CN(C)C4CCOCC4)cc3)=Cc3ccccc3N2)cc1. The van der Waals surface area contributed by atoms with E-state index in [2.05, 4.69) is 78.0 Å². The van der Waals surface area contributed by atoms with Crippen LogP contribution in [0.5, 0.6) is 0 Å². The standard InChI is InChI=1S/C31H35N3O2/c1-22-7-11-24(12-8-22)30-20-26(19-25-5-3-4-6-29(25)33-30)31(35)32-27-13-9-23(10-14-27)21-34(2)28-15-17-36-18-16-28/h3-14,19,28,30,33H,15-18,20-21H2,1-2H3,(H,32,35). The van der Waals surface area contributed by atoms with Crippen LogP contribution in [0.1, 0.15) is 47.6 Å². The van der Waals surface area contributed by atoms with Crippen LogP contribution >= 0.6 is 0 Å². The first-order valence-corrected chi connectivity index (χ1v) is 12.9. The third-order valence-electron chi connectivity index (χ3n) is 7.27. The molecule has 1 amide bonds. The molecule has 1 fully saturated rings. The lowest BCUT2D eigenvalue weighted by Crippen LogP contribution is -2.36. The zero-order valence-electron chi connectivity index (χ0n) is 21.2. The van der Waals surface area contributed by atoms with Crippen LogP contribution < -0.4 is 10.6 Å². The van der Waals surface area contributed by atoms with E-state index in [4.69, 9.17) is 4.74 Å². The first-order chi connectivity index (χ1) is 17.5. The third-order valence-corrected chi connectivity index (χ3v) is 7.27. The molecular weight excluding hydrogens is 446 g/mol. The maximum Gasteiger partial charge on any atom is 0.251 e. The molecule has 2 heterocycles. The fourth-order valence-corrected chi connectivity index (χ4v) is 5.07. The van der Waals surface area contributed by atoms with Crippen molar-refractivity contribution in [2.45, 2.75) is 44.8 Å². The normalized spacial score (nSPS) is 18.1. The summed E-state index contributed by atoms with van der Waals surface area (Å²) in [5.74, 6) is -0.0577. The average molecular weight is 482 g/mol. The van der Waals surface area contributed by atoms with Gasteiger partial charge in [0.2, 0.25) is 0 Å². The molecule has 2 N–H and O–H groups in total. The third kappa shape index (κ3) is 5.86. The van der Waals surface area contributed by atoms with Crippen LogP contribution in [-0.2, 0) is 16.1 Å². The van der Waals surface area contributed by atoms with E-state index in [1.807, 2.05) is 30.3 Å². The first kappa shape index (κ1) is 24.3. The maximum absolute atomic E-state index is 13.4. The number of anilines is 2. The number of fused-ring (bicyclic) bond motifs is 1. The summed E-state index contributed by atoms with van der Waals surface area (Å²) in [6.45, 7) is 4.68. The number of ether oxygens (including phenoxy) is 1. The van der Waals surface area contributed by atoms with Gasteiger partial charge in [-0.3, -0.25) is 9.69 Å². The average Bonchev–Trinajstić information content (AvgIpc) is 3.11. The summed E-state index contributed by atoms with van der Waals surface area (Å²) in [6.07, 6.45) is 4.79. The van der Waals surface area contributed by atoms with E-state index in [9.17, 15) is 4.79 Å². The second-order valence-electron chi connectivity index (χ2n) is 9.98. The Balaban J connectivity index is 1.29. The summed E-state index contributed by atoms with van der Waals surface area (Å²) in [6, 6.07) is 25.5. The molecule has 2 aliphatic rings. The van der Waals surface area contributed by atoms with Gasteiger partial charge in [0.25, 0.3) is 5.91 Å². The summed E-state index contributed by atoms with van der Waals surface area (Å²) in [5.41, 5.74) is 7.30. The fourth-order valence-electron chi connectivity index (χ4n) is 5.07. The molecule has 3 aromatic carbocycles. The molecule has 2 aliphatic heterocycles. The summed E-state index contributed by atoms with van der Waals surface area (Å²) in [5, 5.41) is 6.78. The number of para-hydroxylation sites is 1. The maximum atomic E-state index is 13.4. The molecule has 5 heteroatoms. The van der Waals surface area contributed by atoms with Gasteiger partial charge in [0.05, 0.1) is 6.04 Å². The van der Waals surface area contributed by atoms with E-state index >= 15 is 0 Å². The van der Waals surface area contributed by atoms with Crippen LogP contribution in [0.4, 0.5) is 11.4 Å². The minimum atomic E-state index is -0.0577. The van der Waals surface area contributed by atoms with Crippen molar-refractivity contribution in [2.24, 2.45) is 0 Å². The molecule has 0 aromatic heterocycles. The minimum absolute atomic E-state index is 0.0225. The van der Waals surface area contributed by atoms with Gasteiger partial charge in [-0.25, -0.2) is 0 Å². The summed E-state index contributed by atoms with van der Waals surface area (Å²) in [4.78, 5) is 15.8. The van der Waals surface area contributed by atoms with E-state index < -0.39 is 0 Å². The van der Waals surface area contributed by atoms with Crippen molar-refractivity contribution in [3.63, 3.8) is 0 Å². The Morgan fingerprint density at radius 1 is 1.00 bits per heavy atom. The van der Waals surface area contributed by atoms with Gasteiger partial charge in [-0.05, 0) is 67.8 Å². The smallest absolute Gasteiger partial charge is 0.251 e. The van der Waals surface area contributed by atoms with Gasteiger partial charge in [-0.15, -0.1) is 0 Å². The van der Waals surface area contributed by atoms with Gasteiger partial charge in [0.1, 0.15) is 0 Å². The number of nitrogens with one attached hydrogen (secondary N) is 2. The van der Waals surface area contributed by atoms with E-state index in [0.29, 0.717) is 12.5 Å². The van der Waals surface area contributed by atoms with Crippen molar-refractivity contribution in [1.82, 2.24) is 4.90 Å². The fraction of sp³-hybridized carbons (Fsp3) is 0.323. The molecule has 1 atom stereocenters. The molecule has 0 bridgehead atoms. The Bertz CT molecular complexity index is 1210. The molecular formula is C31H35N3O2. The van der Waals surface area contributed by atoms with Crippen molar-refractivity contribution in [1.29, 1.82) is 0 Å². The molecule has 0 spiro atoms. The highest BCUT2D eigenvalue weighted by molar-refractivity contribution is 6.07. The number of amides is 1. The highest BCUT2D eigenvalue weighted by atomic mass is 16.5. The Morgan fingerprint density at radius 3 is 2.47 bits per heavy atom. The van der Waals surface area contributed by atoms with Crippen molar-refractivity contribution in [3.8, 4) is 0 Å². The molecule has 36 heavy (non-hydrogen) atoms. The first-order valence-electron chi connectivity index (χ1n) is 12.9. The number of hydrogen-bond acceptors (Lipinski definition) is 4. The number of rotatable bonds is 6. The lowest BCUT2D eigenvalue weighted by Gasteiger charge is -2.31. The van der Waals surface area contributed by atoms with Gasteiger partial charge in [0.15, 0.2) is 0 Å². The number of benzene rings is 3. The topological polar surface area (TPSA) is 53.6 Å². The lowest BCUT2D eigenvalue weighted by molar-refractivity contribution is -0.112. The molecule has 1 saturated heterocycles. The molecule has 0 aliphatic carbocycles. The van der Waals surface area contributed by atoms with E-state index in [-0.39, 0.29) is 11.9 Å². The van der Waals surface area contributed by atoms with Crippen LogP contribution in [0.3, 0.4) is 0 Å². The molecule has 1 unspecified atom stereocenters. The number of carbonyl (C=O) groups is 1. The van der Waals surface area contributed by atoms with Crippen LogP contribution in [0, 0.1) is 6.92 Å². The van der Waals surface area contributed by atoms with Gasteiger partial charge in [-0.1, -0.05) is 60.2 Å². The monoisotopic (exact) mass is 481 g/mol. The second kappa shape index (κ2) is 11.1. The highest BCUT2D eigenvalue weighted by Crippen LogP contribution is 2.34. The number of carbonyl (C=O) groups excluding carboxylic acids is 1. The van der Waals surface area contributed by atoms with Crippen molar-refractivity contribution in [3.05, 3.63) is 101 Å². The zero-order chi connectivity index (χ0) is 24.9. The van der Waals surface area contributed by atoms with Crippen molar-refractivity contribution >= 4 is 23.4 Å². The number of hydrogen-bond donors (Lipinski definition) is 2. The molecule has 5 nitrogen and oxygen atoms in total. The Labute approximate surface area is 214 Å². The van der Waals surface area contributed by atoms with Crippen molar-refractivity contribution in [2.75, 3.05) is 30.9 Å².